The minimum absolute atomic E-state index is 0.0718. The molecule has 24 heavy (non-hydrogen) atoms. The van der Waals surface area contributed by atoms with E-state index in [4.69, 9.17) is 4.42 Å². The highest BCUT2D eigenvalue weighted by atomic mass is 19.1. The summed E-state index contributed by atoms with van der Waals surface area (Å²) in [7, 11) is 0. The molecule has 0 unspecified atom stereocenters. The van der Waals surface area contributed by atoms with Crippen molar-refractivity contribution in [1.82, 2.24) is 0 Å². The lowest BCUT2D eigenvalue weighted by atomic mass is 9.99. The molecule has 0 aliphatic heterocycles. The van der Waals surface area contributed by atoms with E-state index in [1.807, 2.05) is 0 Å². The Morgan fingerprint density at radius 3 is 2.50 bits per heavy atom. The second-order valence-corrected chi connectivity index (χ2v) is 5.48. The Bertz CT molecular complexity index is 957. The highest BCUT2D eigenvalue weighted by Crippen LogP contribution is 2.37. The third-order valence-corrected chi connectivity index (χ3v) is 3.91. The first-order valence-electron chi connectivity index (χ1n) is 7.43. The minimum Gasteiger partial charge on any atom is -0.455 e. The van der Waals surface area contributed by atoms with E-state index in [0.29, 0.717) is 27.8 Å². The van der Waals surface area contributed by atoms with Crippen LogP contribution >= 0.6 is 0 Å². The summed E-state index contributed by atoms with van der Waals surface area (Å²) in [5.41, 5.74) is 1.56. The van der Waals surface area contributed by atoms with Crippen LogP contribution in [0.2, 0.25) is 0 Å². The van der Waals surface area contributed by atoms with Crippen LogP contribution in [0.5, 0.6) is 0 Å². The largest absolute Gasteiger partial charge is 0.455 e. The quantitative estimate of drug-likeness (QED) is 0.382. The van der Waals surface area contributed by atoms with E-state index in [9.17, 15) is 19.3 Å². The number of benzene rings is 2. The van der Waals surface area contributed by atoms with Gasteiger partial charge in [0.1, 0.15) is 17.2 Å². The number of Topliss-reactive ketones (excluding diaryl/α,β-unsaturated/α-hetero) is 1. The van der Waals surface area contributed by atoms with Crippen molar-refractivity contribution in [3.8, 4) is 11.3 Å². The molecule has 0 N–H and O–H groups in total. The Balaban J connectivity index is 2.33. The number of rotatable bonds is 4. The molecular weight excluding hydrogens is 313 g/mol. The lowest BCUT2D eigenvalue weighted by Crippen LogP contribution is -1.98. The fraction of sp³-hybridized carbons (Fsp3) is 0.167. The van der Waals surface area contributed by atoms with Gasteiger partial charge in [0.05, 0.1) is 16.6 Å². The Morgan fingerprint density at radius 2 is 1.92 bits per heavy atom. The first-order chi connectivity index (χ1) is 11.4. The molecule has 0 fully saturated rings. The Labute approximate surface area is 136 Å². The van der Waals surface area contributed by atoms with E-state index in [2.05, 4.69) is 0 Å². The summed E-state index contributed by atoms with van der Waals surface area (Å²) in [6.07, 6.45) is 0.263. The molecule has 122 valence electrons. The van der Waals surface area contributed by atoms with Gasteiger partial charge in [-0.2, -0.15) is 0 Å². The summed E-state index contributed by atoms with van der Waals surface area (Å²) < 4.78 is 18.9. The lowest BCUT2D eigenvalue weighted by Gasteiger charge is -2.01. The number of nitro groups is 1. The summed E-state index contributed by atoms with van der Waals surface area (Å²) in [4.78, 5) is 23.0. The van der Waals surface area contributed by atoms with Crippen LogP contribution in [0.15, 0.2) is 40.8 Å². The maximum Gasteiger partial charge on any atom is 0.276 e. The van der Waals surface area contributed by atoms with E-state index in [1.54, 1.807) is 19.9 Å². The molecule has 3 rings (SSSR count). The highest BCUT2D eigenvalue weighted by molar-refractivity contribution is 6.12. The van der Waals surface area contributed by atoms with Crippen molar-refractivity contribution in [2.24, 2.45) is 0 Å². The zero-order chi connectivity index (χ0) is 17.4. The lowest BCUT2D eigenvalue weighted by molar-refractivity contribution is -0.385. The molecule has 0 spiro atoms. The molecule has 0 aliphatic carbocycles. The number of carbonyl (C=O) groups is 1. The van der Waals surface area contributed by atoms with Crippen molar-refractivity contribution in [1.29, 1.82) is 0 Å². The van der Waals surface area contributed by atoms with Gasteiger partial charge in [0.2, 0.25) is 0 Å². The number of aryl methyl sites for hydroxylation is 1. The molecule has 0 saturated carbocycles. The van der Waals surface area contributed by atoms with Gasteiger partial charge < -0.3 is 4.42 Å². The topological polar surface area (TPSA) is 73.3 Å². The van der Waals surface area contributed by atoms with Crippen LogP contribution in [-0.2, 0) is 0 Å². The number of hydrogen-bond donors (Lipinski definition) is 0. The average molecular weight is 327 g/mol. The van der Waals surface area contributed by atoms with Gasteiger partial charge in [0.25, 0.3) is 5.69 Å². The van der Waals surface area contributed by atoms with E-state index >= 15 is 0 Å². The average Bonchev–Trinajstić information content (AvgIpc) is 2.92. The fourth-order valence-electron chi connectivity index (χ4n) is 2.70. The molecule has 0 saturated heterocycles. The van der Waals surface area contributed by atoms with Gasteiger partial charge in [-0.15, -0.1) is 0 Å². The van der Waals surface area contributed by atoms with Crippen LogP contribution in [-0.4, -0.2) is 10.7 Å². The number of nitro benzene ring substituents is 1. The van der Waals surface area contributed by atoms with Gasteiger partial charge in [-0.25, -0.2) is 4.39 Å². The van der Waals surface area contributed by atoms with Gasteiger partial charge in [-0.1, -0.05) is 6.92 Å². The summed E-state index contributed by atoms with van der Waals surface area (Å²) in [6, 6.07) is 8.49. The third-order valence-electron chi connectivity index (χ3n) is 3.91. The minimum atomic E-state index is -0.490. The molecule has 0 radical (unpaired) electrons. The smallest absolute Gasteiger partial charge is 0.276 e. The Hall–Kier alpha value is -3.02. The van der Waals surface area contributed by atoms with E-state index in [1.165, 1.54) is 30.3 Å². The molecule has 1 aromatic heterocycles. The molecular formula is C18H14FNO4. The van der Waals surface area contributed by atoms with Crippen molar-refractivity contribution in [3.05, 3.63) is 63.5 Å². The molecule has 0 bridgehead atoms. The van der Waals surface area contributed by atoms with Crippen molar-refractivity contribution in [3.63, 3.8) is 0 Å². The number of carbonyl (C=O) groups excluding carboxylic acids is 1. The third kappa shape index (κ3) is 2.56. The fourth-order valence-corrected chi connectivity index (χ4v) is 2.70. The molecule has 5 nitrogen and oxygen atoms in total. The summed E-state index contributed by atoms with van der Waals surface area (Å²) in [5, 5.41) is 11.6. The van der Waals surface area contributed by atoms with Crippen LogP contribution < -0.4 is 0 Å². The summed E-state index contributed by atoms with van der Waals surface area (Å²) in [6.45, 7) is 3.34. The standard InChI is InChI=1S/C18H14FNO4/c1-3-15(21)17-13-8-10(2)14(20(22)23)9-16(13)24-18(17)11-4-6-12(19)7-5-11/h4-9H,3H2,1-2H3. The van der Waals surface area contributed by atoms with E-state index in [-0.39, 0.29) is 23.5 Å². The zero-order valence-electron chi connectivity index (χ0n) is 13.1. The predicted molar refractivity (Wildman–Crippen MR) is 87.6 cm³/mol. The van der Waals surface area contributed by atoms with Crippen LogP contribution in [0.4, 0.5) is 10.1 Å². The zero-order valence-corrected chi connectivity index (χ0v) is 13.1. The van der Waals surface area contributed by atoms with Gasteiger partial charge >= 0.3 is 0 Å². The normalized spacial score (nSPS) is 11.0. The first kappa shape index (κ1) is 15.9. The van der Waals surface area contributed by atoms with Crippen LogP contribution in [0.25, 0.3) is 22.3 Å². The molecule has 0 amide bonds. The molecule has 2 aromatic carbocycles. The second-order valence-electron chi connectivity index (χ2n) is 5.48. The van der Waals surface area contributed by atoms with Crippen LogP contribution in [0.1, 0.15) is 29.3 Å². The van der Waals surface area contributed by atoms with Gasteiger partial charge in [0, 0.05) is 22.9 Å². The number of furan rings is 1. The van der Waals surface area contributed by atoms with Crippen molar-refractivity contribution < 1.29 is 18.5 Å². The number of hydrogen-bond acceptors (Lipinski definition) is 4. The molecule has 6 heteroatoms. The van der Waals surface area contributed by atoms with Crippen molar-refractivity contribution >= 4 is 22.4 Å². The summed E-state index contributed by atoms with van der Waals surface area (Å²) >= 11 is 0. The van der Waals surface area contributed by atoms with Gasteiger partial charge in [0.15, 0.2) is 5.78 Å². The van der Waals surface area contributed by atoms with Gasteiger partial charge in [-0.05, 0) is 37.3 Å². The van der Waals surface area contributed by atoms with Crippen LogP contribution in [0.3, 0.4) is 0 Å². The van der Waals surface area contributed by atoms with Crippen molar-refractivity contribution in [2.45, 2.75) is 20.3 Å². The maximum absolute atomic E-state index is 13.2. The number of nitrogens with zero attached hydrogens (tertiary/aromatic N) is 1. The SMILES string of the molecule is CCC(=O)c1c(-c2ccc(F)cc2)oc2cc([N+](=O)[O-])c(C)cc12. The first-order valence-corrected chi connectivity index (χ1v) is 7.43. The molecule has 1 heterocycles. The number of fused-ring (bicyclic) bond motifs is 1. The maximum atomic E-state index is 13.2. The monoisotopic (exact) mass is 327 g/mol. The molecule has 0 atom stereocenters. The second kappa shape index (κ2) is 5.88. The Morgan fingerprint density at radius 1 is 1.25 bits per heavy atom. The van der Waals surface area contributed by atoms with Gasteiger partial charge in [-0.3, -0.25) is 14.9 Å². The van der Waals surface area contributed by atoms with E-state index < -0.39 is 10.7 Å². The number of halogens is 1. The van der Waals surface area contributed by atoms with Crippen LogP contribution in [0, 0.1) is 22.9 Å². The molecule has 0 aliphatic rings. The highest BCUT2D eigenvalue weighted by Gasteiger charge is 2.24. The Kier molecular flexibility index (Phi) is 3.89. The van der Waals surface area contributed by atoms with Crippen molar-refractivity contribution in [2.75, 3.05) is 0 Å². The van der Waals surface area contributed by atoms with E-state index in [0.717, 1.165) is 0 Å². The molecule has 3 aromatic rings. The number of ketones is 1. The predicted octanol–water partition coefficient (Wildman–Crippen LogP) is 5.05. The summed E-state index contributed by atoms with van der Waals surface area (Å²) in [5.74, 6) is -0.234.